The van der Waals surface area contributed by atoms with Crippen LogP contribution in [0.3, 0.4) is 0 Å². The van der Waals surface area contributed by atoms with E-state index in [1.54, 1.807) is 17.8 Å². The zero-order valence-corrected chi connectivity index (χ0v) is 14.0. The molecule has 1 aliphatic carbocycles. The first-order valence-corrected chi connectivity index (χ1v) is 8.97. The summed E-state index contributed by atoms with van der Waals surface area (Å²) in [5.41, 5.74) is 0.942. The lowest BCUT2D eigenvalue weighted by Gasteiger charge is -2.09. The maximum atomic E-state index is 11.8. The van der Waals surface area contributed by atoms with Crippen molar-refractivity contribution in [1.29, 1.82) is 0 Å². The molecular weight excluding hydrogens is 348 g/mol. The molecule has 2 aromatic rings. The highest BCUT2D eigenvalue weighted by Gasteiger charge is 2.19. The van der Waals surface area contributed by atoms with Crippen LogP contribution in [0.1, 0.15) is 43.1 Å². The summed E-state index contributed by atoms with van der Waals surface area (Å²) in [7, 11) is 0. The summed E-state index contributed by atoms with van der Waals surface area (Å²) in [6.07, 6.45) is 4.83. The molecule has 0 bridgehead atoms. The number of rotatable bonds is 4. The van der Waals surface area contributed by atoms with E-state index in [4.69, 9.17) is 0 Å². The van der Waals surface area contributed by atoms with Crippen molar-refractivity contribution in [2.75, 3.05) is 0 Å². The molecule has 1 fully saturated rings. The van der Waals surface area contributed by atoms with Gasteiger partial charge in [0, 0.05) is 21.4 Å². The highest BCUT2D eigenvalue weighted by atomic mass is 79.9. The zero-order chi connectivity index (χ0) is 14.7. The molecule has 3 nitrogen and oxygen atoms in total. The summed E-state index contributed by atoms with van der Waals surface area (Å²) in [5.74, 6) is 1.93. The van der Waals surface area contributed by atoms with Gasteiger partial charge in [-0.25, -0.2) is 4.98 Å². The summed E-state index contributed by atoms with van der Waals surface area (Å²) in [6, 6.07) is 9.82. The van der Waals surface area contributed by atoms with Crippen molar-refractivity contribution in [3.63, 3.8) is 0 Å². The van der Waals surface area contributed by atoms with E-state index in [0.29, 0.717) is 11.7 Å². The average molecular weight is 365 g/mol. The van der Waals surface area contributed by atoms with E-state index >= 15 is 0 Å². The molecule has 1 N–H and O–H groups in total. The molecule has 0 unspecified atom stereocenters. The monoisotopic (exact) mass is 364 g/mol. The third-order valence-electron chi connectivity index (χ3n) is 3.76. The Balaban J connectivity index is 1.74. The summed E-state index contributed by atoms with van der Waals surface area (Å²) in [4.78, 5) is 20.5. The first-order chi connectivity index (χ1) is 10.2. The Morgan fingerprint density at radius 3 is 2.86 bits per heavy atom. The fraction of sp³-hybridized carbons (Fsp3) is 0.375. The van der Waals surface area contributed by atoms with E-state index in [-0.39, 0.29) is 5.56 Å². The fourth-order valence-electron chi connectivity index (χ4n) is 2.74. The molecule has 1 saturated carbocycles. The molecule has 1 aromatic carbocycles. The lowest BCUT2D eigenvalue weighted by molar-refractivity contribution is 0.685. The van der Waals surface area contributed by atoms with E-state index in [1.165, 1.54) is 17.7 Å². The Kier molecular flexibility index (Phi) is 4.80. The lowest BCUT2D eigenvalue weighted by atomic mass is 10.0. The predicted molar refractivity (Wildman–Crippen MR) is 89.8 cm³/mol. The van der Waals surface area contributed by atoms with Gasteiger partial charge in [0.05, 0.1) is 11.4 Å². The largest absolute Gasteiger partial charge is 0.310 e. The van der Waals surface area contributed by atoms with Crippen molar-refractivity contribution in [2.24, 2.45) is 0 Å². The number of benzene rings is 1. The Morgan fingerprint density at radius 1 is 1.29 bits per heavy atom. The highest BCUT2D eigenvalue weighted by molar-refractivity contribution is 9.10. The fourth-order valence-corrected chi connectivity index (χ4v) is 4.11. The molecule has 5 heteroatoms. The molecule has 1 aromatic heterocycles. The second-order valence-electron chi connectivity index (χ2n) is 5.34. The lowest BCUT2D eigenvalue weighted by Crippen LogP contribution is -2.13. The summed E-state index contributed by atoms with van der Waals surface area (Å²) in [5, 5.41) is 0. The van der Waals surface area contributed by atoms with Gasteiger partial charge in [-0.2, -0.15) is 0 Å². The first-order valence-electron chi connectivity index (χ1n) is 7.19. The molecule has 0 spiro atoms. The van der Waals surface area contributed by atoms with E-state index in [2.05, 4.69) is 38.0 Å². The minimum absolute atomic E-state index is 0.0308. The van der Waals surface area contributed by atoms with Crippen LogP contribution in [0.2, 0.25) is 0 Å². The quantitative estimate of drug-likeness (QED) is 0.813. The van der Waals surface area contributed by atoms with Crippen LogP contribution in [0.25, 0.3) is 0 Å². The van der Waals surface area contributed by atoms with Crippen molar-refractivity contribution < 1.29 is 0 Å². The van der Waals surface area contributed by atoms with Crippen molar-refractivity contribution in [2.45, 2.75) is 42.2 Å². The maximum Gasteiger partial charge on any atom is 0.251 e. The van der Waals surface area contributed by atoms with Crippen molar-refractivity contribution >= 4 is 27.7 Å². The van der Waals surface area contributed by atoms with Gasteiger partial charge in [-0.1, -0.05) is 34.8 Å². The molecule has 3 rings (SSSR count). The van der Waals surface area contributed by atoms with Gasteiger partial charge in [0.25, 0.3) is 5.56 Å². The Morgan fingerprint density at radius 2 is 2.10 bits per heavy atom. The number of thioether (sulfide) groups is 1. The van der Waals surface area contributed by atoms with Crippen LogP contribution in [0.5, 0.6) is 0 Å². The van der Waals surface area contributed by atoms with Crippen molar-refractivity contribution in [1.82, 2.24) is 9.97 Å². The van der Waals surface area contributed by atoms with Gasteiger partial charge in [0.15, 0.2) is 0 Å². The normalized spacial score (nSPS) is 15.5. The van der Waals surface area contributed by atoms with Crippen LogP contribution in [-0.4, -0.2) is 9.97 Å². The van der Waals surface area contributed by atoms with Gasteiger partial charge in [-0.15, -0.1) is 11.8 Å². The van der Waals surface area contributed by atoms with Crippen LogP contribution in [0.4, 0.5) is 0 Å². The zero-order valence-electron chi connectivity index (χ0n) is 11.6. The average Bonchev–Trinajstić information content (AvgIpc) is 2.99. The smallest absolute Gasteiger partial charge is 0.251 e. The predicted octanol–water partition coefficient (Wildman–Crippen LogP) is 4.48. The molecule has 0 amide bonds. The maximum absolute atomic E-state index is 11.8. The molecule has 110 valence electrons. The minimum Gasteiger partial charge on any atom is -0.310 e. The first kappa shape index (κ1) is 14.9. The number of nitrogens with one attached hydrogen (secondary N) is 1. The van der Waals surface area contributed by atoms with Crippen molar-refractivity contribution in [3.8, 4) is 0 Å². The Bertz CT molecular complexity index is 680. The number of aromatic amines is 1. The van der Waals surface area contributed by atoms with Crippen LogP contribution in [0.15, 0.2) is 44.5 Å². The number of nitrogens with zero attached hydrogens (tertiary/aromatic N) is 1. The third-order valence-corrected chi connectivity index (χ3v) is 5.25. The second kappa shape index (κ2) is 6.79. The van der Waals surface area contributed by atoms with Gasteiger partial charge >= 0.3 is 0 Å². The molecule has 0 atom stereocenters. The summed E-state index contributed by atoms with van der Waals surface area (Å²) < 4.78 is 1.06. The number of aromatic nitrogens is 2. The van der Waals surface area contributed by atoms with Crippen LogP contribution >= 0.6 is 27.7 Å². The molecule has 0 aliphatic heterocycles. The van der Waals surface area contributed by atoms with E-state index in [1.807, 2.05) is 12.1 Å². The standard InChI is InChI=1S/C16H17BrN2OS/c17-12-6-3-7-13(8-12)21-10-15-18-14(9-16(20)19-15)11-4-1-2-5-11/h3,6-9,11H,1-2,4-5,10H2,(H,18,19,20). The molecule has 0 saturated heterocycles. The molecule has 21 heavy (non-hydrogen) atoms. The molecule has 1 aliphatic rings. The number of H-pyrrole nitrogens is 1. The van der Waals surface area contributed by atoms with Crippen molar-refractivity contribution in [3.05, 3.63) is 56.7 Å². The van der Waals surface area contributed by atoms with Gasteiger partial charge < -0.3 is 4.98 Å². The van der Waals surface area contributed by atoms with Crippen LogP contribution < -0.4 is 5.56 Å². The SMILES string of the molecule is O=c1cc(C2CCCC2)nc(CSc2cccc(Br)c2)[nH]1. The van der Waals surface area contributed by atoms with Gasteiger partial charge in [-0.05, 0) is 31.0 Å². The number of hydrogen-bond donors (Lipinski definition) is 1. The second-order valence-corrected chi connectivity index (χ2v) is 7.31. The highest BCUT2D eigenvalue weighted by Crippen LogP contribution is 2.32. The minimum atomic E-state index is -0.0308. The summed E-state index contributed by atoms with van der Waals surface area (Å²) >= 11 is 5.15. The van der Waals surface area contributed by atoms with Gasteiger partial charge in [-0.3, -0.25) is 4.79 Å². The molecule has 0 radical (unpaired) electrons. The topological polar surface area (TPSA) is 45.8 Å². The van der Waals surface area contributed by atoms with Crippen LogP contribution in [-0.2, 0) is 5.75 Å². The molecular formula is C16H17BrN2OS. The number of halogens is 1. The van der Waals surface area contributed by atoms with E-state index in [0.717, 1.165) is 28.8 Å². The van der Waals surface area contributed by atoms with Gasteiger partial charge in [0.2, 0.25) is 0 Å². The van der Waals surface area contributed by atoms with Crippen LogP contribution in [0, 0.1) is 0 Å². The number of hydrogen-bond acceptors (Lipinski definition) is 3. The molecule has 1 heterocycles. The van der Waals surface area contributed by atoms with E-state index < -0.39 is 0 Å². The third kappa shape index (κ3) is 3.98. The van der Waals surface area contributed by atoms with E-state index in [9.17, 15) is 4.79 Å². The Hall–Kier alpha value is -1.07. The Labute approximate surface area is 136 Å². The van der Waals surface area contributed by atoms with Gasteiger partial charge in [0.1, 0.15) is 5.82 Å². The summed E-state index contributed by atoms with van der Waals surface area (Å²) in [6.45, 7) is 0.